The van der Waals surface area contributed by atoms with Gasteiger partial charge in [0.25, 0.3) is 0 Å². The normalized spacial score (nSPS) is 21.8. The van der Waals surface area contributed by atoms with E-state index in [1.165, 1.54) is 19.3 Å². The lowest BCUT2D eigenvalue weighted by atomic mass is 9.82. The number of carbonyl (C=O) groups excluding carboxylic acids is 1. The lowest BCUT2D eigenvalue weighted by molar-refractivity contribution is -0.127. The fraction of sp³-hybridized carbons (Fsp3) is 0.889. The Balaban J connectivity index is 2.07. The predicted molar refractivity (Wildman–Crippen MR) is 97.2 cm³/mol. The molecule has 0 radical (unpaired) electrons. The smallest absolute Gasteiger partial charge is 0.243 e. The summed E-state index contributed by atoms with van der Waals surface area (Å²) in [6.45, 7) is 8.43. The Hall–Kier alpha value is -1.30. The summed E-state index contributed by atoms with van der Waals surface area (Å²) >= 11 is 0. The molecule has 6 heteroatoms. The van der Waals surface area contributed by atoms with Gasteiger partial charge in [0.05, 0.1) is 0 Å². The number of aliphatic imine (C=N–C) groups is 1. The third-order valence-electron chi connectivity index (χ3n) is 5.66. The first-order valence-corrected chi connectivity index (χ1v) is 9.33. The maximum Gasteiger partial charge on any atom is 0.243 e. The van der Waals surface area contributed by atoms with E-state index in [0.717, 1.165) is 45.1 Å². The first kappa shape index (κ1) is 19.0. The molecule has 2 heterocycles. The highest BCUT2D eigenvalue weighted by Crippen LogP contribution is 2.37. The number of hydrogen-bond acceptors (Lipinski definition) is 3. The Morgan fingerprint density at radius 2 is 1.96 bits per heavy atom. The van der Waals surface area contributed by atoms with Crippen LogP contribution in [0, 0.1) is 5.41 Å². The van der Waals surface area contributed by atoms with Gasteiger partial charge in [-0.3, -0.25) is 4.79 Å². The number of nitrogens with one attached hydrogen (secondary N) is 1. The standard InChI is InChI=1S/C18H34N4O2/c1-5-18(6-2)9-10-22(14-18)17(19-13-16(23)21(3)4)20-15-7-11-24-12-8-15/h15H,5-14H2,1-4H3,(H,19,20). The van der Waals surface area contributed by atoms with Crippen LogP contribution in [0.2, 0.25) is 0 Å². The lowest BCUT2D eigenvalue weighted by Gasteiger charge is -2.31. The third kappa shape index (κ3) is 4.85. The van der Waals surface area contributed by atoms with Crippen molar-refractivity contribution in [3.05, 3.63) is 0 Å². The van der Waals surface area contributed by atoms with Crippen molar-refractivity contribution in [1.29, 1.82) is 0 Å². The van der Waals surface area contributed by atoms with E-state index in [0.29, 0.717) is 11.5 Å². The van der Waals surface area contributed by atoms with E-state index < -0.39 is 0 Å². The molecule has 2 aliphatic rings. The minimum absolute atomic E-state index is 0.0396. The number of rotatable bonds is 5. The van der Waals surface area contributed by atoms with Crippen LogP contribution < -0.4 is 5.32 Å². The molecule has 24 heavy (non-hydrogen) atoms. The monoisotopic (exact) mass is 338 g/mol. The highest BCUT2D eigenvalue weighted by atomic mass is 16.5. The molecule has 0 aromatic rings. The number of hydrogen-bond donors (Lipinski definition) is 1. The highest BCUT2D eigenvalue weighted by molar-refractivity contribution is 5.85. The number of likely N-dealkylation sites (tertiary alicyclic amines) is 1. The van der Waals surface area contributed by atoms with Crippen molar-refractivity contribution in [3.63, 3.8) is 0 Å². The van der Waals surface area contributed by atoms with Gasteiger partial charge in [0.1, 0.15) is 6.54 Å². The summed E-state index contributed by atoms with van der Waals surface area (Å²) in [5.74, 6) is 0.943. The quantitative estimate of drug-likeness (QED) is 0.612. The van der Waals surface area contributed by atoms with Crippen LogP contribution >= 0.6 is 0 Å². The van der Waals surface area contributed by atoms with Gasteiger partial charge in [0.15, 0.2) is 5.96 Å². The predicted octanol–water partition coefficient (Wildman–Crippen LogP) is 1.71. The molecule has 2 fully saturated rings. The fourth-order valence-electron chi connectivity index (χ4n) is 3.49. The summed E-state index contributed by atoms with van der Waals surface area (Å²) in [5.41, 5.74) is 0.393. The van der Waals surface area contributed by atoms with Crippen molar-refractivity contribution in [3.8, 4) is 0 Å². The van der Waals surface area contributed by atoms with Gasteiger partial charge in [0.2, 0.25) is 5.91 Å². The summed E-state index contributed by atoms with van der Waals surface area (Å²) in [5, 5.41) is 3.60. The molecule has 0 bridgehead atoms. The van der Waals surface area contributed by atoms with Crippen LogP contribution in [0.1, 0.15) is 46.0 Å². The van der Waals surface area contributed by atoms with Gasteiger partial charge in [-0.15, -0.1) is 0 Å². The first-order valence-electron chi connectivity index (χ1n) is 9.33. The number of guanidine groups is 1. The van der Waals surface area contributed by atoms with Crippen LogP contribution in [-0.2, 0) is 9.53 Å². The molecule has 2 aliphatic heterocycles. The van der Waals surface area contributed by atoms with Gasteiger partial charge in [0, 0.05) is 46.4 Å². The molecule has 0 unspecified atom stereocenters. The van der Waals surface area contributed by atoms with Crippen LogP contribution in [0.25, 0.3) is 0 Å². The van der Waals surface area contributed by atoms with Crippen molar-refractivity contribution in [2.24, 2.45) is 10.4 Å². The number of ether oxygens (including phenoxy) is 1. The zero-order valence-corrected chi connectivity index (χ0v) is 15.8. The topological polar surface area (TPSA) is 57.2 Å². The summed E-state index contributed by atoms with van der Waals surface area (Å²) in [7, 11) is 3.55. The van der Waals surface area contributed by atoms with Crippen molar-refractivity contribution >= 4 is 11.9 Å². The molecule has 6 nitrogen and oxygen atoms in total. The van der Waals surface area contributed by atoms with E-state index in [4.69, 9.17) is 4.74 Å². The third-order valence-corrected chi connectivity index (χ3v) is 5.66. The minimum atomic E-state index is 0.0396. The van der Waals surface area contributed by atoms with Crippen LogP contribution in [0.4, 0.5) is 0 Å². The average molecular weight is 338 g/mol. The molecule has 1 amide bonds. The molecule has 0 spiro atoms. The van der Waals surface area contributed by atoms with E-state index in [1.54, 1.807) is 19.0 Å². The van der Waals surface area contributed by atoms with Crippen LogP contribution in [0.3, 0.4) is 0 Å². The van der Waals surface area contributed by atoms with Gasteiger partial charge in [-0.25, -0.2) is 4.99 Å². The molecular formula is C18H34N4O2. The van der Waals surface area contributed by atoms with Gasteiger partial charge < -0.3 is 19.9 Å². The molecule has 138 valence electrons. The molecular weight excluding hydrogens is 304 g/mol. The summed E-state index contributed by atoms with van der Waals surface area (Å²) in [6.07, 6.45) is 5.60. The molecule has 2 rings (SSSR count). The Kier molecular flexibility index (Phi) is 6.90. The van der Waals surface area contributed by atoms with Crippen LogP contribution in [0.5, 0.6) is 0 Å². The fourth-order valence-corrected chi connectivity index (χ4v) is 3.49. The molecule has 0 aliphatic carbocycles. The highest BCUT2D eigenvalue weighted by Gasteiger charge is 2.36. The second-order valence-corrected chi connectivity index (χ2v) is 7.34. The van der Waals surface area contributed by atoms with Gasteiger partial charge in [-0.1, -0.05) is 13.8 Å². The van der Waals surface area contributed by atoms with Crippen molar-refractivity contribution in [2.75, 3.05) is 46.9 Å². The van der Waals surface area contributed by atoms with Crippen molar-refractivity contribution in [1.82, 2.24) is 15.1 Å². The lowest BCUT2D eigenvalue weighted by Crippen LogP contribution is -2.48. The van der Waals surface area contributed by atoms with Crippen molar-refractivity contribution < 1.29 is 9.53 Å². The van der Waals surface area contributed by atoms with Gasteiger partial charge in [-0.05, 0) is 37.5 Å². The Morgan fingerprint density at radius 1 is 1.29 bits per heavy atom. The average Bonchev–Trinajstić information content (AvgIpc) is 3.04. The second kappa shape index (κ2) is 8.70. The number of amides is 1. The molecule has 1 N–H and O–H groups in total. The first-order chi connectivity index (χ1) is 11.5. The molecule has 0 aromatic carbocycles. The number of nitrogens with zero attached hydrogens (tertiary/aromatic N) is 3. The summed E-state index contributed by atoms with van der Waals surface area (Å²) in [6, 6.07) is 0.394. The van der Waals surface area contributed by atoms with E-state index >= 15 is 0 Å². The Labute approximate surface area is 146 Å². The van der Waals surface area contributed by atoms with E-state index in [1.807, 2.05) is 0 Å². The van der Waals surface area contributed by atoms with E-state index in [-0.39, 0.29) is 12.5 Å². The molecule has 2 saturated heterocycles. The maximum absolute atomic E-state index is 11.9. The largest absolute Gasteiger partial charge is 0.381 e. The van der Waals surface area contributed by atoms with E-state index in [2.05, 4.69) is 29.1 Å². The number of likely N-dealkylation sites (N-methyl/N-ethyl adjacent to an activating group) is 1. The summed E-state index contributed by atoms with van der Waals surface area (Å²) < 4.78 is 5.45. The number of carbonyl (C=O) groups is 1. The van der Waals surface area contributed by atoms with Crippen LogP contribution in [-0.4, -0.2) is 74.7 Å². The molecule has 0 aromatic heterocycles. The molecule has 0 atom stereocenters. The van der Waals surface area contributed by atoms with Crippen molar-refractivity contribution in [2.45, 2.75) is 52.0 Å². The molecule has 0 saturated carbocycles. The van der Waals surface area contributed by atoms with Gasteiger partial charge >= 0.3 is 0 Å². The van der Waals surface area contributed by atoms with Gasteiger partial charge in [-0.2, -0.15) is 0 Å². The SMILES string of the molecule is CCC1(CC)CCN(C(=NCC(=O)N(C)C)NC2CCOCC2)C1. The Bertz CT molecular complexity index is 440. The second-order valence-electron chi connectivity index (χ2n) is 7.34. The Morgan fingerprint density at radius 3 is 2.50 bits per heavy atom. The summed E-state index contributed by atoms with van der Waals surface area (Å²) in [4.78, 5) is 20.6. The van der Waals surface area contributed by atoms with E-state index in [9.17, 15) is 4.79 Å². The maximum atomic E-state index is 11.9. The van der Waals surface area contributed by atoms with Crippen LogP contribution in [0.15, 0.2) is 4.99 Å². The minimum Gasteiger partial charge on any atom is -0.381 e. The zero-order chi connectivity index (χ0) is 17.6. The zero-order valence-electron chi connectivity index (χ0n) is 15.8.